The summed E-state index contributed by atoms with van der Waals surface area (Å²) in [6, 6.07) is 7.49. The first-order chi connectivity index (χ1) is 13.1. The molecule has 27 heavy (non-hydrogen) atoms. The monoisotopic (exact) mass is 398 g/mol. The van der Waals surface area contributed by atoms with Crippen LogP contribution in [0.3, 0.4) is 0 Å². The molecule has 0 spiro atoms. The van der Waals surface area contributed by atoms with Gasteiger partial charge in [-0.25, -0.2) is 9.78 Å². The number of nitrogens with zero attached hydrogens (tertiary/aromatic N) is 2. The minimum absolute atomic E-state index is 0.00696. The second kappa shape index (κ2) is 7.05. The Morgan fingerprint density at radius 1 is 1.15 bits per heavy atom. The zero-order valence-corrected chi connectivity index (χ0v) is 15.9. The first-order valence-electron chi connectivity index (χ1n) is 8.17. The number of carbonyl (C=O) groups excluding carboxylic acids is 3. The molecule has 1 aliphatic heterocycles. The molecule has 1 aromatic carbocycles. The van der Waals surface area contributed by atoms with Crippen LogP contribution < -0.4 is 0 Å². The topological polar surface area (TPSA) is 76.6 Å². The van der Waals surface area contributed by atoms with Crippen molar-refractivity contribution < 1.29 is 19.1 Å². The van der Waals surface area contributed by atoms with Crippen LogP contribution in [-0.4, -0.2) is 33.7 Å². The van der Waals surface area contributed by atoms with E-state index in [0.29, 0.717) is 16.8 Å². The van der Waals surface area contributed by atoms with Crippen molar-refractivity contribution in [3.8, 4) is 10.6 Å². The standard InChI is InChI=1S/C19H14N2O4S2/c1-11(21-17(22)14-4-2-3-5-15(14)18(21)23)19(24)25-8-13-10-27-16(20-13)12-6-7-26-9-12/h2-7,9-11H,8H2,1H3/t11-/m1/s1. The second-order valence-corrected chi connectivity index (χ2v) is 7.60. The maximum atomic E-state index is 12.4. The number of hydrogen-bond acceptors (Lipinski definition) is 7. The van der Waals surface area contributed by atoms with E-state index >= 15 is 0 Å². The van der Waals surface area contributed by atoms with Crippen molar-refractivity contribution in [2.45, 2.75) is 19.6 Å². The van der Waals surface area contributed by atoms with Crippen LogP contribution in [0.1, 0.15) is 33.3 Å². The fraction of sp³-hybridized carbons (Fsp3) is 0.158. The van der Waals surface area contributed by atoms with Crippen LogP contribution in [0.15, 0.2) is 46.5 Å². The molecule has 0 saturated heterocycles. The van der Waals surface area contributed by atoms with E-state index in [1.165, 1.54) is 18.3 Å². The van der Waals surface area contributed by atoms with Crippen molar-refractivity contribution >= 4 is 40.5 Å². The molecule has 0 unspecified atom stereocenters. The summed E-state index contributed by atoms with van der Waals surface area (Å²) in [5.41, 5.74) is 2.27. The third-order valence-electron chi connectivity index (χ3n) is 4.24. The molecule has 0 radical (unpaired) electrons. The Balaban J connectivity index is 1.42. The van der Waals surface area contributed by atoms with E-state index in [-0.39, 0.29) is 6.61 Å². The number of benzene rings is 1. The van der Waals surface area contributed by atoms with Gasteiger partial charge < -0.3 is 4.74 Å². The predicted molar refractivity (Wildman–Crippen MR) is 102 cm³/mol. The molecule has 1 aliphatic rings. The summed E-state index contributed by atoms with van der Waals surface area (Å²) < 4.78 is 5.29. The fourth-order valence-corrected chi connectivity index (χ4v) is 4.34. The van der Waals surface area contributed by atoms with Crippen LogP contribution >= 0.6 is 22.7 Å². The van der Waals surface area contributed by atoms with E-state index in [9.17, 15) is 14.4 Å². The third-order valence-corrected chi connectivity index (χ3v) is 5.86. The normalized spacial score (nSPS) is 14.3. The zero-order valence-electron chi connectivity index (χ0n) is 14.2. The highest BCUT2D eigenvalue weighted by Crippen LogP contribution is 2.27. The van der Waals surface area contributed by atoms with Crippen LogP contribution in [0.5, 0.6) is 0 Å². The second-order valence-electron chi connectivity index (χ2n) is 5.97. The van der Waals surface area contributed by atoms with Gasteiger partial charge in [-0.15, -0.1) is 11.3 Å². The summed E-state index contributed by atoms with van der Waals surface area (Å²) >= 11 is 3.06. The summed E-state index contributed by atoms with van der Waals surface area (Å²) in [5.74, 6) is -1.60. The average Bonchev–Trinajstić information content (AvgIpc) is 3.41. The Kier molecular flexibility index (Phi) is 4.59. The Bertz CT molecular complexity index is 991. The quantitative estimate of drug-likeness (QED) is 0.485. The maximum absolute atomic E-state index is 12.4. The van der Waals surface area contributed by atoms with E-state index in [1.807, 2.05) is 22.2 Å². The smallest absolute Gasteiger partial charge is 0.329 e. The van der Waals surface area contributed by atoms with Crippen LogP contribution in [-0.2, 0) is 16.1 Å². The Morgan fingerprint density at radius 2 is 1.85 bits per heavy atom. The van der Waals surface area contributed by atoms with Gasteiger partial charge in [-0.2, -0.15) is 11.3 Å². The van der Waals surface area contributed by atoms with Gasteiger partial charge in [0, 0.05) is 16.3 Å². The molecular formula is C19H14N2O4S2. The largest absolute Gasteiger partial charge is 0.458 e. The number of carbonyl (C=O) groups is 3. The lowest BCUT2D eigenvalue weighted by molar-refractivity contribution is -0.149. The van der Waals surface area contributed by atoms with Crippen molar-refractivity contribution in [1.82, 2.24) is 9.88 Å². The van der Waals surface area contributed by atoms with E-state index in [2.05, 4.69) is 4.98 Å². The molecule has 0 N–H and O–H groups in total. The minimum Gasteiger partial charge on any atom is -0.458 e. The number of thiophene rings is 1. The van der Waals surface area contributed by atoms with Gasteiger partial charge in [-0.1, -0.05) is 12.1 Å². The van der Waals surface area contributed by atoms with E-state index < -0.39 is 23.8 Å². The molecule has 3 heterocycles. The molecule has 0 fully saturated rings. The van der Waals surface area contributed by atoms with Crippen LogP contribution in [0.25, 0.3) is 10.6 Å². The van der Waals surface area contributed by atoms with E-state index in [4.69, 9.17) is 4.74 Å². The summed E-state index contributed by atoms with van der Waals surface area (Å²) in [6.45, 7) is 1.48. The first kappa shape index (κ1) is 17.6. The number of thiazole rings is 1. The van der Waals surface area contributed by atoms with Gasteiger partial charge in [0.05, 0.1) is 16.8 Å². The van der Waals surface area contributed by atoms with Gasteiger partial charge in [-0.05, 0) is 30.5 Å². The molecule has 2 amide bonds. The highest BCUT2D eigenvalue weighted by molar-refractivity contribution is 7.14. The average molecular weight is 398 g/mol. The maximum Gasteiger partial charge on any atom is 0.329 e. The number of imide groups is 1. The van der Waals surface area contributed by atoms with E-state index in [1.54, 1.807) is 35.6 Å². The molecule has 6 nitrogen and oxygen atoms in total. The Morgan fingerprint density at radius 3 is 2.48 bits per heavy atom. The van der Waals surface area contributed by atoms with Crippen molar-refractivity contribution in [2.75, 3.05) is 0 Å². The molecule has 0 bridgehead atoms. The van der Waals surface area contributed by atoms with Gasteiger partial charge in [-0.3, -0.25) is 14.5 Å². The number of ether oxygens (including phenoxy) is 1. The Labute approximate surface area is 163 Å². The molecule has 136 valence electrons. The van der Waals surface area contributed by atoms with Crippen molar-refractivity contribution in [1.29, 1.82) is 0 Å². The lowest BCUT2D eigenvalue weighted by Gasteiger charge is -2.20. The number of aromatic nitrogens is 1. The molecule has 4 rings (SSSR count). The highest BCUT2D eigenvalue weighted by atomic mass is 32.1. The minimum atomic E-state index is -1.01. The van der Waals surface area contributed by atoms with Gasteiger partial charge in [0.2, 0.25) is 0 Å². The number of rotatable bonds is 5. The number of esters is 1. The molecule has 0 saturated carbocycles. The summed E-state index contributed by atoms with van der Waals surface area (Å²) in [4.78, 5) is 42.7. The molecule has 2 aromatic heterocycles. The summed E-state index contributed by atoms with van der Waals surface area (Å²) in [7, 11) is 0. The SMILES string of the molecule is C[C@H](C(=O)OCc1csc(-c2ccsc2)n1)N1C(=O)c2ccccc2C1=O. The lowest BCUT2D eigenvalue weighted by atomic mass is 10.1. The van der Waals surface area contributed by atoms with Gasteiger partial charge >= 0.3 is 5.97 Å². The van der Waals surface area contributed by atoms with Gasteiger partial charge in [0.15, 0.2) is 0 Å². The van der Waals surface area contributed by atoms with Gasteiger partial charge in [0.25, 0.3) is 11.8 Å². The lowest BCUT2D eigenvalue weighted by Crippen LogP contribution is -2.43. The number of amides is 2. The Hall–Kier alpha value is -2.84. The molecule has 8 heteroatoms. The molecule has 3 aromatic rings. The van der Waals surface area contributed by atoms with Crippen molar-refractivity contribution in [2.24, 2.45) is 0 Å². The zero-order chi connectivity index (χ0) is 19.0. The summed E-state index contributed by atoms with van der Waals surface area (Å²) in [6.07, 6.45) is 0. The van der Waals surface area contributed by atoms with Crippen LogP contribution in [0.2, 0.25) is 0 Å². The summed E-state index contributed by atoms with van der Waals surface area (Å²) in [5, 5.41) is 6.65. The molecule has 0 aliphatic carbocycles. The fourth-order valence-electron chi connectivity index (χ4n) is 2.82. The van der Waals surface area contributed by atoms with E-state index in [0.717, 1.165) is 15.5 Å². The number of fused-ring (bicyclic) bond motifs is 1. The van der Waals surface area contributed by atoms with Crippen molar-refractivity contribution in [3.05, 3.63) is 63.3 Å². The van der Waals surface area contributed by atoms with Crippen molar-refractivity contribution in [3.63, 3.8) is 0 Å². The van der Waals surface area contributed by atoms with Crippen LogP contribution in [0, 0.1) is 0 Å². The first-order valence-corrected chi connectivity index (χ1v) is 9.99. The third kappa shape index (κ3) is 3.17. The van der Waals surface area contributed by atoms with Crippen LogP contribution in [0.4, 0.5) is 0 Å². The highest BCUT2D eigenvalue weighted by Gasteiger charge is 2.41. The van der Waals surface area contributed by atoms with Gasteiger partial charge in [0.1, 0.15) is 17.7 Å². The molecular weight excluding hydrogens is 384 g/mol. The number of hydrogen-bond donors (Lipinski definition) is 0. The predicted octanol–water partition coefficient (Wildman–Crippen LogP) is 3.60. The molecule has 1 atom stereocenters.